The molecule has 1 fully saturated rings. The molecule has 3 N–H and O–H groups in total. The highest BCUT2D eigenvalue weighted by atomic mass is 16.2. The van der Waals surface area contributed by atoms with Gasteiger partial charge in [-0.3, -0.25) is 9.69 Å². The zero-order chi connectivity index (χ0) is 12.4. The summed E-state index contributed by atoms with van der Waals surface area (Å²) in [5, 5.41) is 0. The van der Waals surface area contributed by atoms with Crippen molar-refractivity contribution in [1.82, 2.24) is 14.8 Å². The quantitative estimate of drug-likeness (QED) is 0.797. The molecule has 1 aliphatic heterocycles. The number of hydrogen-bond acceptors (Lipinski definition) is 3. The predicted octanol–water partition coefficient (Wildman–Crippen LogP) is 0.763. The second-order valence-corrected chi connectivity index (χ2v) is 4.64. The Morgan fingerprint density at radius 1 is 1.59 bits per heavy atom. The summed E-state index contributed by atoms with van der Waals surface area (Å²) in [6.45, 7) is 4.66. The Morgan fingerprint density at radius 3 is 2.94 bits per heavy atom. The van der Waals surface area contributed by atoms with Crippen molar-refractivity contribution in [2.24, 2.45) is 0 Å². The van der Waals surface area contributed by atoms with Crippen molar-refractivity contribution in [1.29, 1.82) is 0 Å². The Bertz CT molecular complexity index is 401. The Hall–Kier alpha value is -1.49. The molecule has 1 amide bonds. The lowest BCUT2D eigenvalue weighted by atomic mass is 10.1. The number of piperazine rings is 1. The third kappa shape index (κ3) is 2.44. The summed E-state index contributed by atoms with van der Waals surface area (Å²) in [5.74, 6) is 0.0493. The molecular weight excluding hydrogens is 216 g/mol. The minimum atomic E-state index is 0.0493. The maximum Gasteiger partial charge on any atom is 0.270 e. The van der Waals surface area contributed by atoms with E-state index in [2.05, 4.69) is 23.9 Å². The number of nitrogens with zero attached hydrogens (tertiary/aromatic N) is 2. The molecule has 0 radical (unpaired) electrons. The van der Waals surface area contributed by atoms with E-state index in [1.807, 2.05) is 4.90 Å². The number of likely N-dealkylation sites (N-methyl/N-ethyl adjacent to an activating group) is 1. The first-order valence-electron chi connectivity index (χ1n) is 6.05. The highest BCUT2D eigenvalue weighted by molar-refractivity contribution is 5.93. The van der Waals surface area contributed by atoms with E-state index >= 15 is 0 Å². The molecule has 1 atom stereocenters. The largest absolute Gasteiger partial charge is 0.397 e. The molecule has 1 saturated heterocycles. The average molecular weight is 236 g/mol. The van der Waals surface area contributed by atoms with Crippen LogP contribution in [-0.2, 0) is 0 Å². The van der Waals surface area contributed by atoms with Crippen molar-refractivity contribution < 1.29 is 4.79 Å². The van der Waals surface area contributed by atoms with Gasteiger partial charge in [-0.1, -0.05) is 6.92 Å². The van der Waals surface area contributed by atoms with E-state index in [9.17, 15) is 4.79 Å². The van der Waals surface area contributed by atoms with Crippen LogP contribution in [0.5, 0.6) is 0 Å². The number of nitrogen functional groups attached to an aromatic ring is 1. The van der Waals surface area contributed by atoms with Crippen LogP contribution >= 0.6 is 0 Å². The molecule has 94 valence electrons. The van der Waals surface area contributed by atoms with Gasteiger partial charge in [0.25, 0.3) is 5.91 Å². The molecule has 17 heavy (non-hydrogen) atoms. The smallest absolute Gasteiger partial charge is 0.270 e. The number of nitrogens with two attached hydrogens (primary N) is 1. The number of rotatable bonds is 2. The van der Waals surface area contributed by atoms with E-state index in [0.29, 0.717) is 17.4 Å². The monoisotopic (exact) mass is 236 g/mol. The van der Waals surface area contributed by atoms with Crippen LogP contribution in [0.2, 0.25) is 0 Å². The van der Waals surface area contributed by atoms with Crippen molar-refractivity contribution in [3.63, 3.8) is 0 Å². The normalized spacial score (nSPS) is 21.8. The SMILES string of the molecule is CCC1CN(C(=O)c2cc(N)c[nH]2)CCN1C. The lowest BCUT2D eigenvalue weighted by Crippen LogP contribution is -2.53. The number of hydrogen-bond donors (Lipinski definition) is 2. The first kappa shape index (κ1) is 12.0. The highest BCUT2D eigenvalue weighted by Crippen LogP contribution is 2.14. The van der Waals surface area contributed by atoms with Crippen LogP contribution in [0, 0.1) is 0 Å². The molecule has 1 aromatic heterocycles. The molecule has 0 bridgehead atoms. The van der Waals surface area contributed by atoms with E-state index < -0.39 is 0 Å². The molecule has 5 nitrogen and oxygen atoms in total. The lowest BCUT2D eigenvalue weighted by Gasteiger charge is -2.38. The second-order valence-electron chi connectivity index (χ2n) is 4.64. The van der Waals surface area contributed by atoms with Gasteiger partial charge in [-0.2, -0.15) is 0 Å². The maximum atomic E-state index is 12.2. The van der Waals surface area contributed by atoms with Crippen molar-refractivity contribution in [3.8, 4) is 0 Å². The summed E-state index contributed by atoms with van der Waals surface area (Å²) in [7, 11) is 2.11. The zero-order valence-corrected chi connectivity index (χ0v) is 10.4. The first-order valence-corrected chi connectivity index (χ1v) is 6.05. The predicted molar refractivity (Wildman–Crippen MR) is 67.8 cm³/mol. The van der Waals surface area contributed by atoms with Gasteiger partial charge >= 0.3 is 0 Å². The second kappa shape index (κ2) is 4.79. The molecule has 1 aromatic rings. The highest BCUT2D eigenvalue weighted by Gasteiger charge is 2.27. The van der Waals surface area contributed by atoms with Crippen LogP contribution in [0.4, 0.5) is 5.69 Å². The number of aromatic amines is 1. The molecule has 2 heterocycles. The first-order chi connectivity index (χ1) is 8.11. The van der Waals surface area contributed by atoms with E-state index in [0.717, 1.165) is 26.1 Å². The van der Waals surface area contributed by atoms with Gasteiger partial charge in [0.15, 0.2) is 0 Å². The van der Waals surface area contributed by atoms with E-state index in [1.54, 1.807) is 12.3 Å². The zero-order valence-electron chi connectivity index (χ0n) is 10.4. The Kier molecular flexibility index (Phi) is 3.38. The minimum Gasteiger partial charge on any atom is -0.397 e. The van der Waals surface area contributed by atoms with Crippen molar-refractivity contribution in [3.05, 3.63) is 18.0 Å². The van der Waals surface area contributed by atoms with Crippen molar-refractivity contribution in [2.75, 3.05) is 32.4 Å². The number of carbonyl (C=O) groups is 1. The van der Waals surface area contributed by atoms with Gasteiger partial charge in [-0.25, -0.2) is 0 Å². The Balaban J connectivity index is 2.05. The Labute approximate surface area is 102 Å². The molecule has 1 unspecified atom stereocenters. The molecule has 1 aliphatic rings. The third-order valence-electron chi connectivity index (χ3n) is 3.47. The summed E-state index contributed by atoms with van der Waals surface area (Å²) in [6, 6.07) is 2.15. The van der Waals surface area contributed by atoms with Gasteiger partial charge in [0, 0.05) is 37.6 Å². The van der Waals surface area contributed by atoms with Gasteiger partial charge < -0.3 is 15.6 Å². The van der Waals surface area contributed by atoms with Gasteiger partial charge in [0.2, 0.25) is 0 Å². The average Bonchev–Trinajstić information content (AvgIpc) is 2.75. The molecular formula is C12H20N4O. The molecule has 2 rings (SSSR count). The molecule has 0 saturated carbocycles. The van der Waals surface area contributed by atoms with Crippen LogP contribution in [0.3, 0.4) is 0 Å². The number of H-pyrrole nitrogens is 1. The topological polar surface area (TPSA) is 65.4 Å². The summed E-state index contributed by atoms with van der Waals surface area (Å²) in [5.41, 5.74) is 6.80. The van der Waals surface area contributed by atoms with Crippen LogP contribution in [0.1, 0.15) is 23.8 Å². The van der Waals surface area contributed by atoms with E-state index in [1.165, 1.54) is 0 Å². The van der Waals surface area contributed by atoms with Crippen LogP contribution < -0.4 is 5.73 Å². The number of nitrogens with one attached hydrogen (secondary N) is 1. The van der Waals surface area contributed by atoms with Crippen molar-refractivity contribution in [2.45, 2.75) is 19.4 Å². The van der Waals surface area contributed by atoms with Gasteiger partial charge in [-0.05, 0) is 19.5 Å². The molecule has 5 heteroatoms. The number of carbonyl (C=O) groups excluding carboxylic acids is 1. The number of anilines is 1. The van der Waals surface area contributed by atoms with E-state index in [-0.39, 0.29) is 5.91 Å². The van der Waals surface area contributed by atoms with Crippen LogP contribution in [0.15, 0.2) is 12.3 Å². The number of amides is 1. The van der Waals surface area contributed by atoms with Gasteiger partial charge in [0.1, 0.15) is 5.69 Å². The number of aromatic nitrogens is 1. The summed E-state index contributed by atoms with van der Waals surface area (Å²) in [6.07, 6.45) is 2.72. The Morgan fingerprint density at radius 2 is 2.35 bits per heavy atom. The summed E-state index contributed by atoms with van der Waals surface area (Å²) in [4.78, 5) is 19.3. The fourth-order valence-corrected chi connectivity index (χ4v) is 2.28. The van der Waals surface area contributed by atoms with Crippen LogP contribution in [0.25, 0.3) is 0 Å². The minimum absolute atomic E-state index is 0.0493. The molecule has 0 aliphatic carbocycles. The molecule has 0 aromatic carbocycles. The van der Waals surface area contributed by atoms with Gasteiger partial charge in [0.05, 0.1) is 0 Å². The van der Waals surface area contributed by atoms with E-state index in [4.69, 9.17) is 5.73 Å². The van der Waals surface area contributed by atoms with Crippen molar-refractivity contribution >= 4 is 11.6 Å². The van der Waals surface area contributed by atoms with Crippen LogP contribution in [-0.4, -0.2) is 53.4 Å². The third-order valence-corrected chi connectivity index (χ3v) is 3.47. The summed E-state index contributed by atoms with van der Waals surface area (Å²) < 4.78 is 0. The fourth-order valence-electron chi connectivity index (χ4n) is 2.28. The summed E-state index contributed by atoms with van der Waals surface area (Å²) >= 11 is 0. The fraction of sp³-hybridized carbons (Fsp3) is 0.583. The standard InChI is InChI=1S/C12H20N4O/c1-3-10-8-16(5-4-15(10)2)12(17)11-6-9(13)7-14-11/h6-7,10,14H,3-5,8,13H2,1-2H3. The van der Waals surface area contributed by atoms with Gasteiger partial charge in [-0.15, -0.1) is 0 Å². The maximum absolute atomic E-state index is 12.2. The lowest BCUT2D eigenvalue weighted by molar-refractivity contribution is 0.0537. The molecule has 0 spiro atoms.